The Hall–Kier alpha value is -2.47. The second kappa shape index (κ2) is 7.05. The molecule has 6 rings (SSSR count). The van der Waals surface area contributed by atoms with Crippen LogP contribution in [-0.4, -0.2) is 69.3 Å². The molecule has 1 saturated carbocycles. The van der Waals surface area contributed by atoms with Crippen molar-refractivity contribution in [1.29, 1.82) is 0 Å². The van der Waals surface area contributed by atoms with E-state index in [1.165, 1.54) is 24.8 Å². The Morgan fingerprint density at radius 2 is 1.90 bits per heavy atom. The van der Waals surface area contributed by atoms with Crippen LogP contribution >= 0.6 is 0 Å². The van der Waals surface area contributed by atoms with Crippen LogP contribution in [0, 0.1) is 5.92 Å². The van der Waals surface area contributed by atoms with Gasteiger partial charge in [0.1, 0.15) is 12.1 Å². The van der Waals surface area contributed by atoms with E-state index >= 15 is 0 Å². The quantitative estimate of drug-likeness (QED) is 0.771. The Balaban J connectivity index is 1.21. The lowest BCUT2D eigenvalue weighted by Gasteiger charge is -2.49. The van der Waals surface area contributed by atoms with Gasteiger partial charge in [-0.3, -0.25) is 19.5 Å². The third kappa shape index (κ3) is 2.84. The Bertz CT molecular complexity index is 1010. The van der Waals surface area contributed by atoms with Crippen molar-refractivity contribution >= 4 is 22.7 Å². The minimum atomic E-state index is -0.315. The lowest BCUT2D eigenvalue weighted by molar-refractivity contribution is -0.165. The summed E-state index contributed by atoms with van der Waals surface area (Å²) in [4.78, 5) is 37.4. The molecule has 4 heterocycles. The van der Waals surface area contributed by atoms with Crippen molar-refractivity contribution in [2.45, 2.75) is 56.8 Å². The molecule has 0 radical (unpaired) electrons. The fourth-order valence-electron chi connectivity index (χ4n) is 6.30. The summed E-state index contributed by atoms with van der Waals surface area (Å²) >= 11 is 0. The molecule has 4 unspecified atom stereocenters. The first-order valence-electron chi connectivity index (χ1n) is 11.4. The van der Waals surface area contributed by atoms with Gasteiger partial charge in [-0.15, -0.1) is 0 Å². The van der Waals surface area contributed by atoms with Crippen molar-refractivity contribution < 1.29 is 9.59 Å². The molecule has 3 saturated heterocycles. The summed E-state index contributed by atoms with van der Waals surface area (Å²) in [7, 11) is 0. The number of piperazine rings is 2. The molecule has 156 valence electrons. The third-order valence-electron chi connectivity index (χ3n) is 7.73. The molecule has 30 heavy (non-hydrogen) atoms. The molecule has 3 aliphatic heterocycles. The van der Waals surface area contributed by atoms with Crippen LogP contribution < -0.4 is 0 Å². The molecule has 2 amide bonds. The smallest absolute Gasteiger partial charge is 0.247 e. The summed E-state index contributed by atoms with van der Waals surface area (Å²) in [6, 6.07) is 10.2. The van der Waals surface area contributed by atoms with Gasteiger partial charge in [-0.25, -0.2) is 0 Å². The number of carbonyl (C=O) groups excluding carboxylic acids is 2. The molecular formula is C24H28N4O2. The molecule has 0 spiro atoms. The first kappa shape index (κ1) is 18.3. The van der Waals surface area contributed by atoms with E-state index in [0.29, 0.717) is 25.0 Å². The molecule has 1 aromatic carbocycles. The summed E-state index contributed by atoms with van der Waals surface area (Å²) in [6.07, 6.45) is 7.37. The highest BCUT2D eigenvalue weighted by Gasteiger charge is 2.55. The summed E-state index contributed by atoms with van der Waals surface area (Å²) in [6.45, 7) is 2.91. The second-order valence-electron chi connectivity index (χ2n) is 9.42. The van der Waals surface area contributed by atoms with E-state index in [9.17, 15) is 9.59 Å². The Labute approximate surface area is 176 Å². The summed E-state index contributed by atoms with van der Waals surface area (Å²) in [5.74, 6) is 0.923. The standard InChI is InChI=1S/C24H28N4O2/c29-23-21-13-18-4-1-2-6-20(18)28(21)24(30)22-15-26(10-11-27(22)23)14-16-7-8-19-17(12-16)5-3-9-25-19/h3,5,7-9,12,18,20-22H,1-2,4,6,10-11,13-15H2. The maximum atomic E-state index is 13.5. The van der Waals surface area contributed by atoms with Crippen LogP contribution in [-0.2, 0) is 16.1 Å². The van der Waals surface area contributed by atoms with Crippen LogP contribution in [0.5, 0.6) is 0 Å². The highest BCUT2D eigenvalue weighted by atomic mass is 16.2. The van der Waals surface area contributed by atoms with E-state index in [0.717, 1.165) is 36.8 Å². The number of hydrogen-bond donors (Lipinski definition) is 0. The zero-order valence-corrected chi connectivity index (χ0v) is 17.2. The molecule has 1 aliphatic carbocycles. The van der Waals surface area contributed by atoms with Gasteiger partial charge >= 0.3 is 0 Å². The number of rotatable bonds is 2. The molecule has 0 bridgehead atoms. The van der Waals surface area contributed by atoms with Crippen molar-refractivity contribution in [1.82, 2.24) is 19.7 Å². The van der Waals surface area contributed by atoms with Crippen LogP contribution in [0.2, 0.25) is 0 Å². The normalized spacial score (nSPS) is 31.6. The number of aromatic nitrogens is 1. The van der Waals surface area contributed by atoms with Gasteiger partial charge in [-0.05, 0) is 48.9 Å². The van der Waals surface area contributed by atoms with Crippen LogP contribution in [0.1, 0.15) is 37.7 Å². The summed E-state index contributed by atoms with van der Waals surface area (Å²) < 4.78 is 0. The fraction of sp³-hybridized carbons (Fsp3) is 0.542. The van der Waals surface area contributed by atoms with Crippen molar-refractivity contribution in [2.75, 3.05) is 19.6 Å². The van der Waals surface area contributed by atoms with Crippen molar-refractivity contribution in [3.05, 3.63) is 42.1 Å². The Kier molecular flexibility index (Phi) is 4.30. The molecule has 4 fully saturated rings. The maximum Gasteiger partial charge on any atom is 0.247 e. The molecule has 6 heteroatoms. The van der Waals surface area contributed by atoms with Crippen LogP contribution in [0.25, 0.3) is 10.9 Å². The van der Waals surface area contributed by atoms with E-state index in [-0.39, 0.29) is 23.9 Å². The van der Waals surface area contributed by atoms with Gasteiger partial charge in [0.05, 0.1) is 5.52 Å². The van der Waals surface area contributed by atoms with Crippen molar-refractivity contribution in [3.63, 3.8) is 0 Å². The number of carbonyl (C=O) groups is 2. The van der Waals surface area contributed by atoms with Crippen LogP contribution in [0.15, 0.2) is 36.5 Å². The van der Waals surface area contributed by atoms with Gasteiger partial charge in [0.15, 0.2) is 0 Å². The van der Waals surface area contributed by atoms with Gasteiger partial charge in [0, 0.05) is 43.8 Å². The predicted octanol–water partition coefficient (Wildman–Crippen LogP) is 2.42. The molecular weight excluding hydrogens is 376 g/mol. The number of benzene rings is 1. The topological polar surface area (TPSA) is 56.8 Å². The number of hydrogen-bond acceptors (Lipinski definition) is 4. The van der Waals surface area contributed by atoms with Crippen LogP contribution in [0.4, 0.5) is 0 Å². The summed E-state index contributed by atoms with van der Waals surface area (Å²) in [5.41, 5.74) is 2.23. The predicted molar refractivity (Wildman–Crippen MR) is 114 cm³/mol. The van der Waals surface area contributed by atoms with Gasteiger partial charge in [-0.2, -0.15) is 0 Å². The Morgan fingerprint density at radius 3 is 2.83 bits per heavy atom. The largest absolute Gasteiger partial charge is 0.326 e. The molecule has 0 N–H and O–H groups in total. The van der Waals surface area contributed by atoms with Crippen LogP contribution in [0.3, 0.4) is 0 Å². The monoisotopic (exact) mass is 404 g/mol. The number of fused-ring (bicyclic) bond motifs is 5. The zero-order chi connectivity index (χ0) is 20.2. The van der Waals surface area contributed by atoms with Gasteiger partial charge in [-0.1, -0.05) is 25.0 Å². The van der Waals surface area contributed by atoms with E-state index in [1.807, 2.05) is 22.1 Å². The Morgan fingerprint density at radius 1 is 1.00 bits per heavy atom. The molecule has 2 aromatic rings. The maximum absolute atomic E-state index is 13.5. The van der Waals surface area contributed by atoms with E-state index in [2.05, 4.69) is 34.1 Å². The SMILES string of the molecule is O=C1C2CC3CCCCC3N2C(=O)C2CN(Cc3ccc4ncccc4c3)CCN12. The lowest BCUT2D eigenvalue weighted by Crippen LogP contribution is -2.69. The van der Waals surface area contributed by atoms with Crippen molar-refractivity contribution in [2.24, 2.45) is 5.92 Å². The first-order chi connectivity index (χ1) is 14.7. The minimum absolute atomic E-state index is 0.193. The highest BCUT2D eigenvalue weighted by molar-refractivity contribution is 5.98. The van der Waals surface area contributed by atoms with E-state index in [1.54, 1.807) is 0 Å². The molecule has 4 aliphatic rings. The molecule has 4 atom stereocenters. The molecule has 6 nitrogen and oxygen atoms in total. The average Bonchev–Trinajstić information content (AvgIpc) is 3.17. The first-order valence-corrected chi connectivity index (χ1v) is 11.4. The third-order valence-corrected chi connectivity index (χ3v) is 7.73. The summed E-state index contributed by atoms with van der Waals surface area (Å²) in [5, 5.41) is 1.14. The van der Waals surface area contributed by atoms with E-state index in [4.69, 9.17) is 0 Å². The highest BCUT2D eigenvalue weighted by Crippen LogP contribution is 2.43. The van der Waals surface area contributed by atoms with Gasteiger partial charge in [0.25, 0.3) is 0 Å². The fourth-order valence-corrected chi connectivity index (χ4v) is 6.30. The van der Waals surface area contributed by atoms with Crippen molar-refractivity contribution in [3.8, 4) is 0 Å². The molecule has 1 aromatic heterocycles. The minimum Gasteiger partial charge on any atom is -0.326 e. The average molecular weight is 405 g/mol. The van der Waals surface area contributed by atoms with E-state index < -0.39 is 0 Å². The zero-order valence-electron chi connectivity index (χ0n) is 17.2. The number of nitrogens with zero attached hydrogens (tertiary/aromatic N) is 4. The van der Waals surface area contributed by atoms with Gasteiger partial charge < -0.3 is 9.80 Å². The number of pyridine rings is 1. The van der Waals surface area contributed by atoms with Gasteiger partial charge in [0.2, 0.25) is 11.8 Å². The lowest BCUT2D eigenvalue weighted by atomic mass is 9.85. The second-order valence-corrected chi connectivity index (χ2v) is 9.42. The number of amides is 2.